The van der Waals surface area contributed by atoms with E-state index in [0.717, 1.165) is 16.3 Å². The largest absolute Gasteiger partial charge is 0.467 e. The van der Waals surface area contributed by atoms with Gasteiger partial charge in [-0.3, -0.25) is 9.69 Å². The summed E-state index contributed by atoms with van der Waals surface area (Å²) in [6.45, 7) is 0.312. The summed E-state index contributed by atoms with van der Waals surface area (Å²) in [5, 5.41) is 10.2. The number of carbonyl (C=O) groups is 1. The Labute approximate surface area is 151 Å². The summed E-state index contributed by atoms with van der Waals surface area (Å²) in [6, 6.07) is 5.62. The molecule has 3 aromatic rings. The van der Waals surface area contributed by atoms with E-state index in [1.807, 2.05) is 22.9 Å². The smallest absolute Gasteiger partial charge is 0.277 e. The molecule has 1 fully saturated rings. The Kier molecular flexibility index (Phi) is 4.01. The molecule has 1 N–H and O–H groups in total. The van der Waals surface area contributed by atoms with Crippen molar-refractivity contribution < 1.29 is 9.21 Å². The molecule has 1 saturated heterocycles. The highest BCUT2D eigenvalue weighted by Gasteiger charge is 2.31. The number of nitrogens with zero attached hydrogens (tertiary/aromatic N) is 2. The van der Waals surface area contributed by atoms with E-state index in [1.54, 1.807) is 41.1 Å². The first-order valence-corrected chi connectivity index (χ1v) is 9.29. The molecule has 4 heterocycles. The van der Waals surface area contributed by atoms with Crippen LogP contribution in [0.3, 0.4) is 0 Å². The first kappa shape index (κ1) is 15.3. The number of thiocarbonyl (C=S) groups is 1. The first-order chi connectivity index (χ1) is 11.7. The standard InChI is InChI=1S/C16H11N3O2S3/c20-15-13(18-16(22)19(15)7-12-2-1-4-21-12)6-11-9-24-14(17-11)10-3-5-23-8-10/h1-6,8-9H,7H2,(H,18,22). The molecule has 0 radical (unpaired) electrons. The van der Waals surface area contributed by atoms with Gasteiger partial charge in [-0.25, -0.2) is 4.98 Å². The molecule has 0 aliphatic carbocycles. The summed E-state index contributed by atoms with van der Waals surface area (Å²) in [6.07, 6.45) is 3.30. The lowest BCUT2D eigenvalue weighted by atomic mass is 10.3. The van der Waals surface area contributed by atoms with E-state index < -0.39 is 0 Å². The summed E-state index contributed by atoms with van der Waals surface area (Å²) in [4.78, 5) is 18.6. The molecule has 0 unspecified atom stereocenters. The summed E-state index contributed by atoms with van der Waals surface area (Å²) < 4.78 is 5.28. The van der Waals surface area contributed by atoms with Crippen molar-refractivity contribution in [3.8, 4) is 10.6 Å². The number of amides is 1. The van der Waals surface area contributed by atoms with Crippen LogP contribution in [0, 0.1) is 0 Å². The third-order valence-corrected chi connectivity index (χ3v) is 5.35. The SMILES string of the molecule is O=C1C(=Cc2csc(-c3ccsc3)n2)NC(=S)N1Cc1ccco1. The van der Waals surface area contributed by atoms with Crippen molar-refractivity contribution >= 4 is 52.0 Å². The normalized spacial score (nSPS) is 16.2. The zero-order valence-electron chi connectivity index (χ0n) is 12.3. The van der Waals surface area contributed by atoms with Crippen molar-refractivity contribution in [2.24, 2.45) is 0 Å². The number of carbonyl (C=O) groups excluding carboxylic acids is 1. The molecule has 0 atom stereocenters. The molecule has 1 aliphatic rings. The third-order valence-electron chi connectivity index (χ3n) is 3.44. The Morgan fingerprint density at radius 3 is 3.04 bits per heavy atom. The molecule has 0 saturated carbocycles. The van der Waals surface area contributed by atoms with E-state index in [0.29, 0.717) is 23.1 Å². The number of thiophene rings is 1. The van der Waals surface area contributed by atoms with Crippen LogP contribution in [0.5, 0.6) is 0 Å². The fourth-order valence-corrected chi connectivity index (χ4v) is 4.04. The minimum atomic E-state index is -0.179. The topological polar surface area (TPSA) is 58.4 Å². The molecule has 24 heavy (non-hydrogen) atoms. The summed E-state index contributed by atoms with van der Waals surface area (Å²) in [5.74, 6) is 0.503. The Hall–Kier alpha value is -2.29. The second kappa shape index (κ2) is 6.31. The summed E-state index contributed by atoms with van der Waals surface area (Å²) >= 11 is 8.43. The van der Waals surface area contributed by atoms with Crippen LogP contribution in [0.1, 0.15) is 11.5 Å². The number of aromatic nitrogens is 1. The van der Waals surface area contributed by atoms with Gasteiger partial charge in [0.05, 0.1) is 18.5 Å². The number of nitrogens with one attached hydrogen (secondary N) is 1. The van der Waals surface area contributed by atoms with Gasteiger partial charge in [0.1, 0.15) is 16.5 Å². The van der Waals surface area contributed by atoms with Crippen LogP contribution in [0.4, 0.5) is 0 Å². The quantitative estimate of drug-likeness (QED) is 0.558. The molecule has 8 heteroatoms. The van der Waals surface area contributed by atoms with Crippen LogP contribution in [-0.4, -0.2) is 20.9 Å². The molecular weight excluding hydrogens is 362 g/mol. The molecule has 120 valence electrons. The van der Waals surface area contributed by atoms with Gasteiger partial charge < -0.3 is 9.73 Å². The molecule has 5 nitrogen and oxygen atoms in total. The Balaban J connectivity index is 1.55. The van der Waals surface area contributed by atoms with Crippen LogP contribution in [0.2, 0.25) is 0 Å². The van der Waals surface area contributed by atoms with Crippen molar-refractivity contribution in [1.29, 1.82) is 0 Å². The van der Waals surface area contributed by atoms with Gasteiger partial charge in [0.15, 0.2) is 5.11 Å². The minimum Gasteiger partial charge on any atom is -0.467 e. The highest BCUT2D eigenvalue weighted by Crippen LogP contribution is 2.27. The molecule has 0 bridgehead atoms. The van der Waals surface area contributed by atoms with E-state index in [-0.39, 0.29) is 5.91 Å². The van der Waals surface area contributed by atoms with Crippen molar-refractivity contribution in [2.45, 2.75) is 6.54 Å². The van der Waals surface area contributed by atoms with Crippen LogP contribution >= 0.6 is 34.9 Å². The van der Waals surface area contributed by atoms with Crippen molar-refractivity contribution in [3.05, 3.63) is 57.8 Å². The van der Waals surface area contributed by atoms with Gasteiger partial charge in [0.2, 0.25) is 0 Å². The Morgan fingerprint density at radius 2 is 2.29 bits per heavy atom. The average Bonchev–Trinajstić information content (AvgIpc) is 3.33. The first-order valence-electron chi connectivity index (χ1n) is 7.06. The molecule has 0 aromatic carbocycles. The number of hydrogen-bond acceptors (Lipinski definition) is 6. The maximum atomic E-state index is 12.5. The molecule has 3 aromatic heterocycles. The van der Waals surface area contributed by atoms with E-state index in [2.05, 4.69) is 15.7 Å². The predicted molar refractivity (Wildman–Crippen MR) is 98.4 cm³/mol. The molecular formula is C16H11N3O2S3. The van der Waals surface area contributed by atoms with Gasteiger partial charge in [0, 0.05) is 16.3 Å². The molecule has 1 aliphatic heterocycles. The van der Waals surface area contributed by atoms with Crippen LogP contribution in [-0.2, 0) is 11.3 Å². The predicted octanol–water partition coefficient (Wildman–Crippen LogP) is 3.72. The fraction of sp³-hybridized carbons (Fsp3) is 0.0625. The monoisotopic (exact) mass is 373 g/mol. The van der Waals surface area contributed by atoms with Crippen molar-refractivity contribution in [1.82, 2.24) is 15.2 Å². The second-order valence-corrected chi connectivity index (χ2v) is 7.07. The number of rotatable bonds is 4. The summed E-state index contributed by atoms with van der Waals surface area (Å²) in [5.41, 5.74) is 2.25. The van der Waals surface area contributed by atoms with E-state index in [9.17, 15) is 4.79 Å². The Morgan fingerprint density at radius 1 is 1.38 bits per heavy atom. The molecule has 0 spiro atoms. The highest BCUT2D eigenvalue weighted by atomic mass is 32.1. The van der Waals surface area contributed by atoms with Gasteiger partial charge in [0.25, 0.3) is 5.91 Å². The minimum absolute atomic E-state index is 0.179. The zero-order chi connectivity index (χ0) is 16.5. The fourth-order valence-electron chi connectivity index (χ4n) is 2.29. The number of thiazole rings is 1. The Bertz CT molecular complexity index is 910. The maximum absolute atomic E-state index is 12.5. The van der Waals surface area contributed by atoms with Gasteiger partial charge in [-0.1, -0.05) is 0 Å². The van der Waals surface area contributed by atoms with Crippen molar-refractivity contribution in [2.75, 3.05) is 0 Å². The van der Waals surface area contributed by atoms with Gasteiger partial charge in [-0.2, -0.15) is 11.3 Å². The van der Waals surface area contributed by atoms with Gasteiger partial charge in [-0.15, -0.1) is 11.3 Å². The third kappa shape index (κ3) is 2.91. The van der Waals surface area contributed by atoms with Crippen LogP contribution in [0.15, 0.2) is 50.7 Å². The average molecular weight is 373 g/mol. The number of furan rings is 1. The molecule has 4 rings (SSSR count). The van der Waals surface area contributed by atoms with Gasteiger partial charge in [-0.05, 0) is 41.9 Å². The summed E-state index contributed by atoms with van der Waals surface area (Å²) in [7, 11) is 0. The maximum Gasteiger partial charge on any atom is 0.277 e. The van der Waals surface area contributed by atoms with Crippen molar-refractivity contribution in [3.63, 3.8) is 0 Å². The van der Waals surface area contributed by atoms with E-state index >= 15 is 0 Å². The van der Waals surface area contributed by atoms with Crippen LogP contribution < -0.4 is 5.32 Å². The number of hydrogen-bond donors (Lipinski definition) is 1. The van der Waals surface area contributed by atoms with Crippen LogP contribution in [0.25, 0.3) is 16.6 Å². The van der Waals surface area contributed by atoms with E-state index in [1.165, 1.54) is 4.90 Å². The molecule has 1 amide bonds. The second-order valence-electron chi connectivity index (χ2n) is 5.05. The highest BCUT2D eigenvalue weighted by molar-refractivity contribution is 7.80. The lowest BCUT2D eigenvalue weighted by molar-refractivity contribution is -0.122. The van der Waals surface area contributed by atoms with Gasteiger partial charge >= 0.3 is 0 Å². The lowest BCUT2D eigenvalue weighted by Crippen LogP contribution is -2.29. The van der Waals surface area contributed by atoms with E-state index in [4.69, 9.17) is 16.6 Å². The lowest BCUT2D eigenvalue weighted by Gasteiger charge is -2.11. The zero-order valence-corrected chi connectivity index (χ0v) is 14.7.